The molecule has 2 rings (SSSR count). The quantitative estimate of drug-likeness (QED) is 0.848. The number of rotatable bonds is 3. The van der Waals surface area contributed by atoms with Gasteiger partial charge in [0.2, 0.25) is 5.95 Å². The number of alkyl halides is 3. The normalized spacial score (nSPS) is 11.3. The predicted octanol–water partition coefficient (Wildman–Crippen LogP) is 3.73. The van der Waals surface area contributed by atoms with E-state index in [9.17, 15) is 17.6 Å². The molecule has 0 spiro atoms. The fraction of sp³-hybridized carbons (Fsp3) is 0.231. The molecule has 1 aromatic carbocycles. The van der Waals surface area contributed by atoms with Crippen LogP contribution in [0.2, 0.25) is 0 Å². The Bertz CT molecular complexity index is 655. The molecule has 0 amide bonds. The van der Waals surface area contributed by atoms with Crippen molar-refractivity contribution in [2.75, 3.05) is 17.7 Å². The molecule has 112 valence electrons. The Morgan fingerprint density at radius 1 is 1.10 bits per heavy atom. The van der Waals surface area contributed by atoms with Crippen LogP contribution in [0.5, 0.6) is 0 Å². The molecule has 4 nitrogen and oxygen atoms in total. The molecule has 0 atom stereocenters. The second-order valence-corrected chi connectivity index (χ2v) is 4.32. The first kappa shape index (κ1) is 15.0. The zero-order valence-corrected chi connectivity index (χ0v) is 11.2. The van der Waals surface area contributed by atoms with E-state index in [-0.39, 0.29) is 17.5 Å². The van der Waals surface area contributed by atoms with E-state index in [1.165, 1.54) is 19.2 Å². The number of hydrogen-bond donors (Lipinski definition) is 2. The van der Waals surface area contributed by atoms with Crippen molar-refractivity contribution in [3.05, 3.63) is 41.3 Å². The molecule has 0 radical (unpaired) electrons. The molecule has 0 aliphatic heterocycles. The fourth-order valence-corrected chi connectivity index (χ4v) is 1.64. The Morgan fingerprint density at radius 3 is 2.43 bits per heavy atom. The monoisotopic (exact) mass is 300 g/mol. The minimum Gasteiger partial charge on any atom is -0.357 e. The lowest BCUT2D eigenvalue weighted by Gasteiger charge is -2.12. The number of aryl methyl sites for hydroxylation is 1. The second-order valence-electron chi connectivity index (χ2n) is 4.32. The van der Waals surface area contributed by atoms with E-state index >= 15 is 0 Å². The zero-order chi connectivity index (χ0) is 15.6. The lowest BCUT2D eigenvalue weighted by Crippen LogP contribution is -2.12. The summed E-state index contributed by atoms with van der Waals surface area (Å²) >= 11 is 0. The maximum atomic E-state index is 13.6. The Kier molecular flexibility index (Phi) is 3.97. The van der Waals surface area contributed by atoms with Crippen molar-refractivity contribution in [3.8, 4) is 0 Å². The van der Waals surface area contributed by atoms with Crippen LogP contribution in [-0.2, 0) is 6.18 Å². The van der Waals surface area contributed by atoms with Crippen LogP contribution in [0.4, 0.5) is 35.0 Å². The standard InChI is InChI=1S/C13H12F4N4/c1-7-3-4-8(14)9(5-7)19-11-6-10(13(15,16)17)20-12(18-2)21-11/h3-6H,1-2H3,(H2,18,19,20,21). The molecule has 0 unspecified atom stereocenters. The first-order valence-electron chi connectivity index (χ1n) is 5.97. The first-order chi connectivity index (χ1) is 9.79. The average molecular weight is 300 g/mol. The third-order valence-corrected chi connectivity index (χ3v) is 2.62. The highest BCUT2D eigenvalue weighted by molar-refractivity contribution is 5.59. The summed E-state index contributed by atoms with van der Waals surface area (Å²) in [6, 6.07) is 4.98. The second kappa shape index (κ2) is 5.55. The van der Waals surface area contributed by atoms with Crippen molar-refractivity contribution in [1.82, 2.24) is 9.97 Å². The summed E-state index contributed by atoms with van der Waals surface area (Å²) in [5, 5.41) is 4.97. The zero-order valence-electron chi connectivity index (χ0n) is 11.2. The molecule has 0 aliphatic rings. The van der Waals surface area contributed by atoms with Gasteiger partial charge in [-0.1, -0.05) is 6.07 Å². The minimum absolute atomic E-state index is 0.0453. The summed E-state index contributed by atoms with van der Waals surface area (Å²) in [5.74, 6) is -0.940. The predicted molar refractivity (Wildman–Crippen MR) is 71.0 cm³/mol. The number of nitrogens with zero attached hydrogens (tertiary/aromatic N) is 2. The van der Waals surface area contributed by atoms with Crippen molar-refractivity contribution >= 4 is 17.5 Å². The molecule has 0 saturated carbocycles. The molecule has 1 heterocycles. The van der Waals surface area contributed by atoms with E-state index in [1.807, 2.05) is 0 Å². The van der Waals surface area contributed by atoms with E-state index in [1.54, 1.807) is 13.0 Å². The van der Waals surface area contributed by atoms with Gasteiger partial charge in [0.15, 0.2) is 5.69 Å². The molecule has 0 aliphatic carbocycles. The molecule has 2 N–H and O–H groups in total. The van der Waals surface area contributed by atoms with Gasteiger partial charge in [-0.05, 0) is 24.6 Å². The van der Waals surface area contributed by atoms with Crippen LogP contribution in [0, 0.1) is 12.7 Å². The summed E-state index contributed by atoms with van der Waals surface area (Å²) in [4.78, 5) is 7.16. The van der Waals surface area contributed by atoms with Gasteiger partial charge >= 0.3 is 6.18 Å². The highest BCUT2D eigenvalue weighted by atomic mass is 19.4. The SMILES string of the molecule is CNc1nc(Nc2cc(C)ccc2F)cc(C(F)(F)F)n1. The van der Waals surface area contributed by atoms with Crippen molar-refractivity contribution in [1.29, 1.82) is 0 Å². The van der Waals surface area contributed by atoms with Gasteiger partial charge in [-0.15, -0.1) is 0 Å². The summed E-state index contributed by atoms with van der Waals surface area (Å²) < 4.78 is 51.9. The highest BCUT2D eigenvalue weighted by Gasteiger charge is 2.33. The molecular weight excluding hydrogens is 288 g/mol. The molecule has 2 aromatic rings. The number of benzene rings is 1. The van der Waals surface area contributed by atoms with Gasteiger partial charge in [-0.3, -0.25) is 0 Å². The van der Waals surface area contributed by atoms with Crippen LogP contribution >= 0.6 is 0 Å². The molecule has 0 bridgehead atoms. The summed E-state index contributed by atoms with van der Waals surface area (Å²) in [6.45, 7) is 1.74. The molecule has 21 heavy (non-hydrogen) atoms. The fourth-order valence-electron chi connectivity index (χ4n) is 1.64. The van der Waals surface area contributed by atoms with Crippen LogP contribution in [0.25, 0.3) is 0 Å². The van der Waals surface area contributed by atoms with E-state index in [0.717, 1.165) is 11.6 Å². The van der Waals surface area contributed by atoms with E-state index < -0.39 is 17.7 Å². The van der Waals surface area contributed by atoms with Crippen molar-refractivity contribution in [2.45, 2.75) is 13.1 Å². The third kappa shape index (κ3) is 3.59. The van der Waals surface area contributed by atoms with Crippen LogP contribution in [0.3, 0.4) is 0 Å². The third-order valence-electron chi connectivity index (χ3n) is 2.62. The van der Waals surface area contributed by atoms with Gasteiger partial charge in [0.05, 0.1) is 5.69 Å². The van der Waals surface area contributed by atoms with Gasteiger partial charge in [-0.2, -0.15) is 18.2 Å². The Hall–Kier alpha value is -2.38. The van der Waals surface area contributed by atoms with E-state index in [2.05, 4.69) is 20.6 Å². The molecule has 8 heteroatoms. The van der Waals surface area contributed by atoms with Crippen molar-refractivity contribution < 1.29 is 17.6 Å². The minimum atomic E-state index is -4.61. The number of halogens is 4. The van der Waals surface area contributed by atoms with Gasteiger partial charge in [0.1, 0.15) is 11.6 Å². The summed E-state index contributed by atoms with van der Waals surface area (Å²) in [5.41, 5.74) is -0.306. The molecular formula is C13H12F4N4. The number of hydrogen-bond acceptors (Lipinski definition) is 4. The van der Waals surface area contributed by atoms with Gasteiger partial charge in [0, 0.05) is 13.1 Å². The topological polar surface area (TPSA) is 49.8 Å². The van der Waals surface area contributed by atoms with Gasteiger partial charge < -0.3 is 10.6 Å². The number of nitrogens with one attached hydrogen (secondary N) is 2. The van der Waals surface area contributed by atoms with Crippen LogP contribution < -0.4 is 10.6 Å². The maximum Gasteiger partial charge on any atom is 0.433 e. The van der Waals surface area contributed by atoms with Crippen LogP contribution in [0.1, 0.15) is 11.3 Å². The van der Waals surface area contributed by atoms with Crippen molar-refractivity contribution in [2.24, 2.45) is 0 Å². The summed E-state index contributed by atoms with van der Waals surface area (Å²) in [7, 11) is 1.40. The highest BCUT2D eigenvalue weighted by Crippen LogP contribution is 2.30. The number of aromatic nitrogens is 2. The van der Waals surface area contributed by atoms with Crippen molar-refractivity contribution in [3.63, 3.8) is 0 Å². The lowest BCUT2D eigenvalue weighted by molar-refractivity contribution is -0.141. The number of anilines is 3. The van der Waals surface area contributed by atoms with E-state index in [4.69, 9.17) is 0 Å². The smallest absolute Gasteiger partial charge is 0.357 e. The molecule has 1 aromatic heterocycles. The first-order valence-corrected chi connectivity index (χ1v) is 5.97. The average Bonchev–Trinajstić information content (AvgIpc) is 2.41. The Labute approximate surface area is 118 Å². The molecule has 0 fully saturated rings. The van der Waals surface area contributed by atoms with Gasteiger partial charge in [0.25, 0.3) is 0 Å². The Balaban J connectivity index is 2.42. The summed E-state index contributed by atoms with van der Waals surface area (Å²) in [6.07, 6.45) is -4.61. The van der Waals surface area contributed by atoms with Gasteiger partial charge in [-0.25, -0.2) is 9.37 Å². The van der Waals surface area contributed by atoms with E-state index in [0.29, 0.717) is 0 Å². The van der Waals surface area contributed by atoms with Crippen LogP contribution in [0.15, 0.2) is 24.3 Å². The lowest BCUT2D eigenvalue weighted by atomic mass is 10.2. The maximum absolute atomic E-state index is 13.6. The van der Waals surface area contributed by atoms with Crippen LogP contribution in [-0.4, -0.2) is 17.0 Å². The molecule has 0 saturated heterocycles. The Morgan fingerprint density at radius 2 is 1.81 bits per heavy atom. The largest absolute Gasteiger partial charge is 0.433 e.